The molecule has 33 heavy (non-hydrogen) atoms. The van der Waals surface area contributed by atoms with Crippen molar-refractivity contribution < 1.29 is 13.2 Å². The van der Waals surface area contributed by atoms with Crippen LogP contribution in [0, 0.1) is 0 Å². The van der Waals surface area contributed by atoms with E-state index >= 15 is 0 Å². The summed E-state index contributed by atoms with van der Waals surface area (Å²) >= 11 is 1.27. The SMILES string of the molecule is CN(C1CCCCC1)S(=O)(=O)c1ccccc1NC(=O)CSc1nnnn1C1CCCCC1. The summed E-state index contributed by atoms with van der Waals surface area (Å²) in [5, 5.41) is 15.4. The molecule has 0 aliphatic heterocycles. The fourth-order valence-electron chi connectivity index (χ4n) is 4.74. The molecule has 1 amide bonds. The standard InChI is InChI=1S/C22H32N6O3S2/c1-27(17-10-4-2-5-11-17)33(30,31)20-15-9-8-14-19(20)23-21(29)16-32-22-24-25-26-28(22)18-12-6-3-7-13-18/h8-9,14-15,17-18H,2-7,10-13,16H2,1H3,(H,23,29). The van der Waals surface area contributed by atoms with Crippen molar-refractivity contribution in [2.24, 2.45) is 0 Å². The number of nitrogens with one attached hydrogen (secondary N) is 1. The van der Waals surface area contributed by atoms with Crippen LogP contribution in [0.4, 0.5) is 5.69 Å². The number of thioether (sulfide) groups is 1. The molecule has 0 spiro atoms. The van der Waals surface area contributed by atoms with Gasteiger partial charge in [0.2, 0.25) is 21.1 Å². The third kappa shape index (κ3) is 5.75. The molecule has 2 aromatic rings. The van der Waals surface area contributed by atoms with E-state index in [1.54, 1.807) is 31.3 Å². The largest absolute Gasteiger partial charge is 0.324 e. The lowest BCUT2D eigenvalue weighted by Gasteiger charge is -2.30. The number of aromatic nitrogens is 4. The summed E-state index contributed by atoms with van der Waals surface area (Å²) in [6.07, 6.45) is 10.6. The Morgan fingerprint density at radius 3 is 2.48 bits per heavy atom. The highest BCUT2D eigenvalue weighted by molar-refractivity contribution is 7.99. The van der Waals surface area contributed by atoms with Gasteiger partial charge >= 0.3 is 0 Å². The molecule has 2 fully saturated rings. The van der Waals surface area contributed by atoms with Gasteiger partial charge in [-0.2, -0.15) is 4.31 Å². The number of carbonyl (C=O) groups is 1. The molecule has 2 saturated carbocycles. The van der Waals surface area contributed by atoms with Crippen LogP contribution in [0.2, 0.25) is 0 Å². The first kappa shape index (κ1) is 24.2. The second-order valence-corrected chi connectivity index (χ2v) is 11.8. The number of hydrogen-bond acceptors (Lipinski definition) is 7. The number of rotatable bonds is 8. The van der Waals surface area contributed by atoms with Crippen LogP contribution in [-0.4, -0.2) is 57.7 Å². The first-order chi connectivity index (χ1) is 16.0. The summed E-state index contributed by atoms with van der Waals surface area (Å²) in [5.74, 6) is -0.193. The zero-order valence-electron chi connectivity index (χ0n) is 19.0. The van der Waals surface area contributed by atoms with Crippen LogP contribution in [0.1, 0.15) is 70.3 Å². The summed E-state index contributed by atoms with van der Waals surface area (Å²) in [4.78, 5) is 12.9. The molecule has 9 nitrogen and oxygen atoms in total. The average Bonchev–Trinajstić information content (AvgIpc) is 3.32. The number of nitrogens with zero attached hydrogens (tertiary/aromatic N) is 5. The summed E-state index contributed by atoms with van der Waals surface area (Å²) in [7, 11) is -2.08. The molecule has 1 aromatic carbocycles. The Bertz CT molecular complexity index is 1050. The fraction of sp³-hybridized carbons (Fsp3) is 0.636. The number of anilines is 1. The van der Waals surface area contributed by atoms with E-state index in [0.29, 0.717) is 10.8 Å². The van der Waals surface area contributed by atoms with E-state index in [-0.39, 0.29) is 28.6 Å². The summed E-state index contributed by atoms with van der Waals surface area (Å²) in [6, 6.07) is 6.88. The highest BCUT2D eigenvalue weighted by Crippen LogP contribution is 2.31. The van der Waals surface area contributed by atoms with Crippen molar-refractivity contribution in [3.8, 4) is 0 Å². The molecule has 0 atom stereocenters. The highest BCUT2D eigenvalue weighted by atomic mass is 32.2. The predicted octanol–water partition coefficient (Wildman–Crippen LogP) is 3.86. The minimum absolute atomic E-state index is 0.00158. The minimum Gasteiger partial charge on any atom is -0.324 e. The normalized spacial score (nSPS) is 18.5. The Labute approximate surface area is 199 Å². The van der Waals surface area contributed by atoms with E-state index in [0.717, 1.165) is 57.8 Å². The lowest BCUT2D eigenvalue weighted by Crippen LogP contribution is -2.38. The Morgan fingerprint density at radius 1 is 1.09 bits per heavy atom. The molecule has 180 valence electrons. The number of amides is 1. The van der Waals surface area contributed by atoms with Crippen LogP contribution in [0.15, 0.2) is 34.3 Å². The molecule has 0 bridgehead atoms. The van der Waals surface area contributed by atoms with Gasteiger partial charge < -0.3 is 5.32 Å². The molecule has 0 unspecified atom stereocenters. The van der Waals surface area contributed by atoms with Gasteiger partial charge in [0, 0.05) is 13.1 Å². The van der Waals surface area contributed by atoms with Gasteiger partial charge in [-0.3, -0.25) is 4.79 Å². The average molecular weight is 493 g/mol. The third-order valence-corrected chi connectivity index (χ3v) is 9.52. The van der Waals surface area contributed by atoms with Crippen molar-refractivity contribution in [2.75, 3.05) is 18.1 Å². The quantitative estimate of drug-likeness (QED) is 0.557. The van der Waals surface area contributed by atoms with E-state index < -0.39 is 10.0 Å². The molecular formula is C22H32N6O3S2. The van der Waals surface area contributed by atoms with Crippen LogP contribution in [0.3, 0.4) is 0 Å². The monoisotopic (exact) mass is 492 g/mol. The van der Waals surface area contributed by atoms with Gasteiger partial charge in [0.05, 0.1) is 17.5 Å². The molecule has 1 aromatic heterocycles. The third-order valence-electron chi connectivity index (χ3n) is 6.62. The van der Waals surface area contributed by atoms with Gasteiger partial charge in [-0.1, -0.05) is 62.4 Å². The van der Waals surface area contributed by atoms with E-state index in [1.807, 2.05) is 4.68 Å². The summed E-state index contributed by atoms with van der Waals surface area (Å²) in [5.41, 5.74) is 0.303. The maximum atomic E-state index is 13.3. The van der Waals surface area contributed by atoms with E-state index in [1.165, 1.54) is 22.5 Å². The zero-order valence-corrected chi connectivity index (χ0v) is 20.7. The molecule has 2 aliphatic carbocycles. The maximum absolute atomic E-state index is 13.3. The van der Waals surface area contributed by atoms with Crippen molar-refractivity contribution in [1.29, 1.82) is 0 Å². The lowest BCUT2D eigenvalue weighted by molar-refractivity contribution is -0.113. The van der Waals surface area contributed by atoms with Crippen molar-refractivity contribution in [3.05, 3.63) is 24.3 Å². The molecule has 0 radical (unpaired) electrons. The van der Waals surface area contributed by atoms with Gasteiger partial charge in [-0.15, -0.1) is 5.10 Å². The molecule has 1 heterocycles. The molecule has 0 saturated heterocycles. The Hall–Kier alpha value is -1.98. The van der Waals surface area contributed by atoms with E-state index in [2.05, 4.69) is 20.8 Å². The van der Waals surface area contributed by atoms with Crippen LogP contribution >= 0.6 is 11.8 Å². The maximum Gasteiger partial charge on any atom is 0.245 e. The minimum atomic E-state index is -3.72. The van der Waals surface area contributed by atoms with Crippen molar-refractivity contribution in [3.63, 3.8) is 0 Å². The molecule has 11 heteroatoms. The topological polar surface area (TPSA) is 110 Å². The number of tetrazole rings is 1. The highest BCUT2D eigenvalue weighted by Gasteiger charge is 2.31. The van der Waals surface area contributed by atoms with Crippen molar-refractivity contribution in [2.45, 2.75) is 86.3 Å². The van der Waals surface area contributed by atoms with Crippen LogP contribution in [-0.2, 0) is 14.8 Å². The van der Waals surface area contributed by atoms with E-state index in [9.17, 15) is 13.2 Å². The van der Waals surface area contributed by atoms with Gasteiger partial charge in [-0.05, 0) is 48.2 Å². The van der Waals surface area contributed by atoms with Crippen LogP contribution in [0.5, 0.6) is 0 Å². The molecule has 2 aliphatic rings. The predicted molar refractivity (Wildman–Crippen MR) is 128 cm³/mol. The van der Waals surface area contributed by atoms with Crippen molar-refractivity contribution in [1.82, 2.24) is 24.5 Å². The van der Waals surface area contributed by atoms with Crippen LogP contribution in [0.25, 0.3) is 0 Å². The smallest absolute Gasteiger partial charge is 0.245 e. The number of sulfonamides is 1. The molecule has 4 rings (SSSR count). The van der Waals surface area contributed by atoms with Gasteiger partial charge in [0.25, 0.3) is 0 Å². The van der Waals surface area contributed by atoms with Gasteiger partial charge in [0.15, 0.2) is 0 Å². The fourth-order valence-corrected chi connectivity index (χ4v) is 7.05. The second-order valence-electron chi connectivity index (χ2n) is 8.84. The van der Waals surface area contributed by atoms with E-state index in [4.69, 9.17) is 0 Å². The zero-order chi connectivity index (χ0) is 23.3. The van der Waals surface area contributed by atoms with Crippen molar-refractivity contribution >= 4 is 33.4 Å². The first-order valence-corrected chi connectivity index (χ1v) is 14.2. The first-order valence-electron chi connectivity index (χ1n) is 11.7. The second kappa shape index (κ2) is 11.0. The number of carbonyl (C=O) groups excluding carboxylic acids is 1. The van der Waals surface area contributed by atoms with Crippen LogP contribution < -0.4 is 5.32 Å². The number of hydrogen-bond donors (Lipinski definition) is 1. The summed E-state index contributed by atoms with van der Waals surface area (Å²) < 4.78 is 30.0. The Kier molecular flexibility index (Phi) is 8.02. The Balaban J connectivity index is 1.42. The van der Waals surface area contributed by atoms with Gasteiger partial charge in [-0.25, -0.2) is 13.1 Å². The van der Waals surface area contributed by atoms with Gasteiger partial charge in [0.1, 0.15) is 4.90 Å². The number of benzene rings is 1. The summed E-state index contributed by atoms with van der Waals surface area (Å²) in [6.45, 7) is 0. The molecule has 1 N–H and O–H groups in total. The molecular weight excluding hydrogens is 460 g/mol. The lowest BCUT2D eigenvalue weighted by atomic mass is 9.96. The Morgan fingerprint density at radius 2 is 1.76 bits per heavy atom. The number of para-hydroxylation sites is 1.